The van der Waals surface area contributed by atoms with Gasteiger partial charge < -0.3 is 9.15 Å². The van der Waals surface area contributed by atoms with Crippen molar-refractivity contribution in [1.82, 2.24) is 5.43 Å². The van der Waals surface area contributed by atoms with Crippen molar-refractivity contribution in [2.45, 2.75) is 33.3 Å². The zero-order valence-corrected chi connectivity index (χ0v) is 19.7. The minimum atomic E-state index is -0.531. The third-order valence-electron chi connectivity index (χ3n) is 5.22. The lowest BCUT2D eigenvalue weighted by molar-refractivity contribution is -0.117. The van der Waals surface area contributed by atoms with E-state index in [-0.39, 0.29) is 22.3 Å². The molecule has 0 radical (unpaired) electrons. The van der Waals surface area contributed by atoms with Gasteiger partial charge in [-0.05, 0) is 74.4 Å². The van der Waals surface area contributed by atoms with Gasteiger partial charge in [0.1, 0.15) is 17.1 Å². The van der Waals surface area contributed by atoms with Crippen molar-refractivity contribution >= 4 is 41.1 Å². The molecule has 1 aliphatic rings. The van der Waals surface area contributed by atoms with Crippen molar-refractivity contribution in [3.05, 3.63) is 82.1 Å². The van der Waals surface area contributed by atoms with Crippen molar-refractivity contribution in [2.75, 3.05) is 5.01 Å². The third-order valence-corrected chi connectivity index (χ3v) is 5.55. The molecule has 0 unspecified atom stereocenters. The number of furan rings is 1. The molecule has 3 aromatic rings. The maximum absolute atomic E-state index is 12.9. The van der Waals surface area contributed by atoms with E-state index in [1.165, 1.54) is 11.1 Å². The van der Waals surface area contributed by atoms with Crippen LogP contribution in [0.25, 0.3) is 17.4 Å². The number of hydrogen-bond acceptors (Lipinski definition) is 5. The van der Waals surface area contributed by atoms with Crippen LogP contribution in [-0.2, 0) is 20.7 Å². The number of esters is 1. The Morgan fingerprint density at radius 2 is 1.85 bits per heavy atom. The van der Waals surface area contributed by atoms with Gasteiger partial charge in [0.15, 0.2) is 0 Å². The number of carbonyl (C=O) groups is 3. The van der Waals surface area contributed by atoms with E-state index >= 15 is 0 Å². The Kier molecular flexibility index (Phi) is 6.56. The summed E-state index contributed by atoms with van der Waals surface area (Å²) in [6.07, 6.45) is 1.99. The van der Waals surface area contributed by atoms with Crippen LogP contribution in [0, 0.1) is 0 Å². The monoisotopic (exact) mass is 478 g/mol. The molecule has 1 aliphatic heterocycles. The SMILES string of the molecule is CCc1ccc(N2NC(=O)/C(=C\c3ccc(-c4ccc(Cl)c(C(=O)OC(C)C)c4)o3)C2=O)cc1. The maximum atomic E-state index is 12.9. The lowest BCUT2D eigenvalue weighted by atomic mass is 10.1. The molecule has 7 nitrogen and oxygen atoms in total. The predicted molar refractivity (Wildman–Crippen MR) is 129 cm³/mol. The van der Waals surface area contributed by atoms with Crippen molar-refractivity contribution in [3.8, 4) is 11.3 Å². The van der Waals surface area contributed by atoms with Crippen molar-refractivity contribution in [2.24, 2.45) is 0 Å². The van der Waals surface area contributed by atoms with Crippen LogP contribution in [0.15, 0.2) is 64.6 Å². The molecule has 0 bridgehead atoms. The van der Waals surface area contributed by atoms with Crippen LogP contribution in [0.5, 0.6) is 0 Å². The van der Waals surface area contributed by atoms with Gasteiger partial charge in [0.05, 0.1) is 22.4 Å². The molecule has 1 saturated heterocycles. The van der Waals surface area contributed by atoms with E-state index in [1.807, 2.05) is 19.1 Å². The lowest BCUT2D eigenvalue weighted by Crippen LogP contribution is -2.35. The molecule has 2 heterocycles. The van der Waals surface area contributed by atoms with Gasteiger partial charge in [0.2, 0.25) is 0 Å². The maximum Gasteiger partial charge on any atom is 0.339 e. The predicted octanol–water partition coefficient (Wildman–Crippen LogP) is 5.19. The highest BCUT2D eigenvalue weighted by Gasteiger charge is 2.34. The Bertz CT molecular complexity index is 1290. The highest BCUT2D eigenvalue weighted by atomic mass is 35.5. The van der Waals surface area contributed by atoms with E-state index in [0.717, 1.165) is 12.0 Å². The van der Waals surface area contributed by atoms with Crippen LogP contribution in [0.4, 0.5) is 5.69 Å². The van der Waals surface area contributed by atoms with Gasteiger partial charge >= 0.3 is 5.97 Å². The molecule has 1 N–H and O–H groups in total. The van der Waals surface area contributed by atoms with Gasteiger partial charge in [-0.1, -0.05) is 30.7 Å². The van der Waals surface area contributed by atoms with Crippen LogP contribution < -0.4 is 10.4 Å². The number of amides is 2. The molecule has 0 aliphatic carbocycles. The van der Waals surface area contributed by atoms with Crippen molar-refractivity contribution < 1.29 is 23.5 Å². The van der Waals surface area contributed by atoms with Gasteiger partial charge in [-0.25, -0.2) is 9.80 Å². The number of benzene rings is 2. The summed E-state index contributed by atoms with van der Waals surface area (Å²) in [5.41, 5.74) is 5.05. The molecular weight excluding hydrogens is 456 g/mol. The number of ether oxygens (including phenoxy) is 1. The van der Waals surface area contributed by atoms with Crippen LogP contribution >= 0.6 is 11.6 Å². The fraction of sp³-hybridized carbons (Fsp3) is 0.192. The van der Waals surface area contributed by atoms with Crippen LogP contribution in [0.3, 0.4) is 0 Å². The Hall–Kier alpha value is -3.84. The highest BCUT2D eigenvalue weighted by molar-refractivity contribution is 6.33. The molecule has 4 rings (SSSR count). The number of anilines is 1. The summed E-state index contributed by atoms with van der Waals surface area (Å²) < 4.78 is 11.1. The van der Waals surface area contributed by atoms with Crippen molar-refractivity contribution in [1.29, 1.82) is 0 Å². The Balaban J connectivity index is 1.57. The summed E-state index contributed by atoms with van der Waals surface area (Å²) in [5, 5.41) is 1.48. The number of rotatable bonds is 6. The molecule has 8 heteroatoms. The summed E-state index contributed by atoms with van der Waals surface area (Å²) in [6.45, 7) is 5.55. The Morgan fingerprint density at radius 1 is 1.12 bits per heavy atom. The molecule has 2 amide bonds. The number of nitrogens with zero attached hydrogens (tertiary/aromatic N) is 1. The van der Waals surface area contributed by atoms with Gasteiger partial charge in [-0.15, -0.1) is 0 Å². The second-order valence-electron chi connectivity index (χ2n) is 8.01. The molecule has 0 saturated carbocycles. The normalized spacial score (nSPS) is 14.7. The Labute approximate surface area is 201 Å². The van der Waals surface area contributed by atoms with Gasteiger partial charge in [0.25, 0.3) is 11.8 Å². The largest absolute Gasteiger partial charge is 0.459 e. The second-order valence-corrected chi connectivity index (χ2v) is 8.42. The summed E-state index contributed by atoms with van der Waals surface area (Å²) in [7, 11) is 0. The number of halogens is 1. The summed E-state index contributed by atoms with van der Waals surface area (Å²) in [4.78, 5) is 37.6. The topological polar surface area (TPSA) is 88.8 Å². The second kappa shape index (κ2) is 9.57. The zero-order valence-electron chi connectivity index (χ0n) is 18.9. The minimum absolute atomic E-state index is 0.0437. The van der Waals surface area contributed by atoms with Crippen LogP contribution in [-0.4, -0.2) is 23.9 Å². The number of hydrogen-bond donors (Lipinski definition) is 1. The Morgan fingerprint density at radius 3 is 2.53 bits per heavy atom. The number of aryl methyl sites for hydroxylation is 1. The smallest absolute Gasteiger partial charge is 0.339 e. The van der Waals surface area contributed by atoms with Crippen LogP contribution in [0.1, 0.15) is 42.5 Å². The molecule has 1 fully saturated rings. The fourth-order valence-electron chi connectivity index (χ4n) is 3.46. The first-order valence-electron chi connectivity index (χ1n) is 10.8. The summed E-state index contributed by atoms with van der Waals surface area (Å²) in [5.74, 6) is -0.765. The molecule has 0 spiro atoms. The average Bonchev–Trinajstić information content (AvgIpc) is 3.39. The first-order valence-corrected chi connectivity index (χ1v) is 11.2. The van der Waals surface area contributed by atoms with E-state index in [1.54, 1.807) is 56.3 Å². The van der Waals surface area contributed by atoms with E-state index < -0.39 is 17.8 Å². The van der Waals surface area contributed by atoms with Crippen molar-refractivity contribution in [3.63, 3.8) is 0 Å². The van der Waals surface area contributed by atoms with Gasteiger partial charge in [-0.3, -0.25) is 15.0 Å². The molecule has 34 heavy (non-hydrogen) atoms. The summed E-state index contributed by atoms with van der Waals surface area (Å²) in [6, 6.07) is 15.6. The van der Waals surface area contributed by atoms with E-state index in [4.69, 9.17) is 20.8 Å². The molecule has 0 atom stereocenters. The third kappa shape index (κ3) is 4.75. The first-order chi connectivity index (χ1) is 16.3. The highest BCUT2D eigenvalue weighted by Crippen LogP contribution is 2.29. The summed E-state index contributed by atoms with van der Waals surface area (Å²) >= 11 is 6.17. The quantitative estimate of drug-likeness (QED) is 0.299. The number of carbonyl (C=O) groups excluding carboxylic acids is 3. The molecule has 1 aromatic heterocycles. The standard InChI is InChI=1S/C26H23ClN2O5/c1-4-16-5-8-18(9-6-16)29-25(31)21(24(30)28-29)14-19-10-12-23(34-19)17-7-11-22(27)20(13-17)26(32)33-15(2)3/h5-15H,4H2,1-3H3,(H,28,30)/b21-14+. The van der Waals surface area contributed by atoms with Gasteiger partial charge in [-0.2, -0.15) is 0 Å². The fourth-order valence-corrected chi connectivity index (χ4v) is 3.65. The number of nitrogens with one attached hydrogen (secondary N) is 1. The minimum Gasteiger partial charge on any atom is -0.459 e. The van der Waals surface area contributed by atoms with E-state index in [0.29, 0.717) is 22.8 Å². The van der Waals surface area contributed by atoms with Crippen LogP contribution in [0.2, 0.25) is 5.02 Å². The lowest BCUT2D eigenvalue weighted by Gasteiger charge is -2.14. The average molecular weight is 479 g/mol. The molecular formula is C26H23ClN2O5. The molecule has 174 valence electrons. The van der Waals surface area contributed by atoms with E-state index in [2.05, 4.69) is 5.43 Å². The van der Waals surface area contributed by atoms with E-state index in [9.17, 15) is 14.4 Å². The van der Waals surface area contributed by atoms with Gasteiger partial charge in [0, 0.05) is 5.56 Å². The zero-order chi connectivity index (χ0) is 24.4. The first kappa shape index (κ1) is 23.3. The molecule has 2 aromatic carbocycles. The number of hydrazine groups is 1.